The van der Waals surface area contributed by atoms with E-state index in [1.807, 2.05) is 0 Å². The van der Waals surface area contributed by atoms with E-state index >= 15 is 0 Å². The molecule has 0 atom stereocenters. The molecule has 2 aliphatic rings. The normalized spacial score (nSPS) is 18.8. The summed E-state index contributed by atoms with van der Waals surface area (Å²) < 4.78 is 33.5. The van der Waals surface area contributed by atoms with E-state index in [0.717, 1.165) is 0 Å². The van der Waals surface area contributed by atoms with E-state index < -0.39 is 0 Å². The first-order valence-electron chi connectivity index (χ1n) is 10.7. The molecule has 2 aromatic rings. The van der Waals surface area contributed by atoms with Crippen LogP contribution in [0.2, 0.25) is 0 Å². The summed E-state index contributed by atoms with van der Waals surface area (Å²) in [5.74, 6) is 0.182. The third-order valence-corrected chi connectivity index (χ3v) is 5.08. The molecule has 0 saturated carbocycles. The molecular weight excluding hydrogens is 416 g/mol. The van der Waals surface area contributed by atoms with Gasteiger partial charge in [-0.1, -0.05) is 24.3 Å². The van der Waals surface area contributed by atoms with Crippen molar-refractivity contribution in [3.63, 3.8) is 0 Å². The van der Waals surface area contributed by atoms with Crippen molar-refractivity contribution < 1.29 is 38.0 Å². The minimum atomic E-state index is -0.296. The predicted molar refractivity (Wildman–Crippen MR) is 114 cm³/mol. The lowest BCUT2D eigenvalue weighted by molar-refractivity contribution is -0.00697. The maximum Gasteiger partial charge on any atom is 0.201 e. The van der Waals surface area contributed by atoms with Gasteiger partial charge in [0, 0.05) is 11.1 Å². The lowest BCUT2D eigenvalue weighted by Gasteiger charge is -2.22. The second-order valence-corrected chi connectivity index (χ2v) is 7.16. The van der Waals surface area contributed by atoms with Crippen LogP contribution in [0.4, 0.5) is 0 Å². The smallest absolute Gasteiger partial charge is 0.201 e. The van der Waals surface area contributed by atoms with Crippen LogP contribution < -0.4 is 9.47 Å². The van der Waals surface area contributed by atoms with E-state index in [9.17, 15) is 9.59 Å². The van der Waals surface area contributed by atoms with Crippen molar-refractivity contribution in [1.82, 2.24) is 0 Å². The van der Waals surface area contributed by atoms with Crippen LogP contribution in [0.15, 0.2) is 36.4 Å². The highest BCUT2D eigenvalue weighted by molar-refractivity contribution is 6.30. The van der Waals surface area contributed by atoms with Crippen molar-refractivity contribution in [1.29, 1.82) is 0 Å². The Morgan fingerprint density at radius 3 is 1.25 bits per heavy atom. The third kappa shape index (κ3) is 5.16. The lowest BCUT2D eigenvalue weighted by Crippen LogP contribution is -2.23. The molecule has 1 heterocycles. The number of carbonyl (C=O) groups is 2. The van der Waals surface area contributed by atoms with Gasteiger partial charge < -0.3 is 28.4 Å². The van der Waals surface area contributed by atoms with Crippen molar-refractivity contribution >= 4 is 11.6 Å². The zero-order valence-corrected chi connectivity index (χ0v) is 17.8. The molecule has 1 aliphatic heterocycles. The lowest BCUT2D eigenvalue weighted by atomic mass is 9.83. The highest BCUT2D eigenvalue weighted by Crippen LogP contribution is 2.37. The second kappa shape index (κ2) is 11.2. The van der Waals surface area contributed by atoms with Gasteiger partial charge in [0.05, 0.1) is 64.0 Å². The van der Waals surface area contributed by atoms with E-state index in [2.05, 4.69) is 0 Å². The fourth-order valence-electron chi connectivity index (χ4n) is 3.60. The molecule has 0 amide bonds. The summed E-state index contributed by atoms with van der Waals surface area (Å²) in [5, 5.41) is 0. The summed E-state index contributed by atoms with van der Waals surface area (Å²) in [6.07, 6.45) is 0. The molecule has 0 radical (unpaired) electrons. The highest BCUT2D eigenvalue weighted by atomic mass is 16.6. The molecule has 2 bridgehead atoms. The average Bonchev–Trinajstić information content (AvgIpc) is 2.81. The van der Waals surface area contributed by atoms with Gasteiger partial charge in [0.1, 0.15) is 24.7 Å². The maximum atomic E-state index is 13.4. The molecule has 4 rings (SSSR count). The minimum Gasteiger partial charge on any atom is -0.490 e. The zero-order valence-electron chi connectivity index (χ0n) is 17.8. The molecule has 32 heavy (non-hydrogen) atoms. The largest absolute Gasteiger partial charge is 0.490 e. The standard InChI is InChI=1S/C24H26O8/c25-23-17-3-1-5-19-21(17)24(26)22-18(23)4-2-6-20(22)32-16-14-30-12-10-28-8-7-27-9-11-29-13-15-31-19/h1-6H,7-16H2. The molecule has 0 saturated heterocycles. The maximum absolute atomic E-state index is 13.4. The Morgan fingerprint density at radius 1 is 0.469 bits per heavy atom. The number of ketones is 2. The molecule has 0 spiro atoms. The van der Waals surface area contributed by atoms with Crippen LogP contribution in [-0.4, -0.2) is 77.6 Å². The molecule has 8 nitrogen and oxygen atoms in total. The Bertz CT molecular complexity index is 882. The number of hydrogen-bond acceptors (Lipinski definition) is 8. The number of carbonyl (C=O) groups excluding carboxylic acids is 2. The monoisotopic (exact) mass is 442 g/mol. The molecule has 170 valence electrons. The minimum absolute atomic E-state index is 0.231. The highest BCUT2D eigenvalue weighted by Gasteiger charge is 2.34. The predicted octanol–water partition coefficient (Wildman–Crippen LogP) is 2.30. The van der Waals surface area contributed by atoms with Gasteiger partial charge in [0.15, 0.2) is 5.78 Å². The van der Waals surface area contributed by atoms with Gasteiger partial charge in [0.2, 0.25) is 5.78 Å². The van der Waals surface area contributed by atoms with Crippen molar-refractivity contribution in [2.75, 3.05) is 66.1 Å². The summed E-state index contributed by atoms with van der Waals surface area (Å²) in [4.78, 5) is 26.6. The van der Waals surface area contributed by atoms with Gasteiger partial charge in [0.25, 0.3) is 0 Å². The first-order chi connectivity index (χ1) is 15.8. The summed E-state index contributed by atoms with van der Waals surface area (Å²) in [7, 11) is 0. The van der Waals surface area contributed by atoms with Crippen molar-refractivity contribution in [2.45, 2.75) is 0 Å². The first kappa shape index (κ1) is 22.4. The van der Waals surface area contributed by atoms with Crippen LogP contribution in [0.25, 0.3) is 0 Å². The molecule has 0 unspecified atom stereocenters. The fraction of sp³-hybridized carbons (Fsp3) is 0.417. The van der Waals surface area contributed by atoms with E-state index in [1.165, 1.54) is 0 Å². The molecule has 8 heteroatoms. The van der Waals surface area contributed by atoms with E-state index in [1.54, 1.807) is 36.4 Å². The van der Waals surface area contributed by atoms with Gasteiger partial charge in [-0.15, -0.1) is 0 Å². The van der Waals surface area contributed by atoms with Crippen LogP contribution >= 0.6 is 0 Å². The van der Waals surface area contributed by atoms with Gasteiger partial charge in [-0.05, 0) is 12.1 Å². The molecule has 0 aromatic heterocycles. The Balaban J connectivity index is 1.56. The molecule has 0 N–H and O–H groups in total. The molecule has 2 aromatic carbocycles. The summed E-state index contributed by atoms with van der Waals surface area (Å²) in [6, 6.07) is 10.1. The SMILES string of the molecule is O=C1c2cccc3c2C(=O)c2c(cccc21)OCCOCCOCCOCCOCCO3. The Kier molecular flexibility index (Phi) is 7.84. The van der Waals surface area contributed by atoms with Gasteiger partial charge in [-0.3, -0.25) is 9.59 Å². The Labute approximate surface area is 186 Å². The average molecular weight is 442 g/mol. The van der Waals surface area contributed by atoms with E-state index in [0.29, 0.717) is 75.5 Å². The van der Waals surface area contributed by atoms with Crippen LogP contribution in [0, 0.1) is 0 Å². The van der Waals surface area contributed by atoms with Crippen LogP contribution in [0.3, 0.4) is 0 Å². The summed E-state index contributed by atoms with van der Waals surface area (Å²) >= 11 is 0. The Hall–Kier alpha value is -2.78. The number of ether oxygens (including phenoxy) is 6. The molecule has 1 aliphatic carbocycles. The van der Waals surface area contributed by atoms with Gasteiger partial charge >= 0.3 is 0 Å². The Morgan fingerprint density at radius 2 is 0.844 bits per heavy atom. The molecular formula is C24H26O8. The van der Waals surface area contributed by atoms with Gasteiger partial charge in [-0.2, -0.15) is 0 Å². The van der Waals surface area contributed by atoms with Crippen LogP contribution in [0.1, 0.15) is 31.8 Å². The third-order valence-electron chi connectivity index (χ3n) is 5.08. The number of benzene rings is 2. The van der Waals surface area contributed by atoms with Crippen molar-refractivity contribution in [2.24, 2.45) is 0 Å². The van der Waals surface area contributed by atoms with Crippen LogP contribution in [-0.2, 0) is 18.9 Å². The number of hydrogen-bond donors (Lipinski definition) is 0. The van der Waals surface area contributed by atoms with Gasteiger partial charge in [-0.25, -0.2) is 0 Å². The zero-order chi connectivity index (χ0) is 22.2. The first-order valence-corrected chi connectivity index (χ1v) is 10.7. The number of rotatable bonds is 0. The summed E-state index contributed by atoms with van der Waals surface area (Å²) in [5.41, 5.74) is 1.16. The van der Waals surface area contributed by atoms with Crippen LogP contribution in [0.5, 0.6) is 11.5 Å². The van der Waals surface area contributed by atoms with E-state index in [4.69, 9.17) is 28.4 Å². The van der Waals surface area contributed by atoms with E-state index in [-0.39, 0.29) is 35.9 Å². The topological polar surface area (TPSA) is 89.5 Å². The second-order valence-electron chi connectivity index (χ2n) is 7.16. The van der Waals surface area contributed by atoms with Crippen molar-refractivity contribution in [3.8, 4) is 11.5 Å². The molecule has 0 fully saturated rings. The quantitative estimate of drug-likeness (QED) is 0.524. The van der Waals surface area contributed by atoms with Crippen molar-refractivity contribution in [3.05, 3.63) is 58.7 Å². The summed E-state index contributed by atoms with van der Waals surface area (Å²) in [6.45, 7) is 3.84. The fourth-order valence-corrected chi connectivity index (χ4v) is 3.60.